The van der Waals surface area contributed by atoms with Crippen LogP contribution in [0.15, 0.2) is 27.5 Å². The molecule has 0 fully saturated rings. The summed E-state index contributed by atoms with van der Waals surface area (Å²) in [5.74, 6) is 0.639. The van der Waals surface area contributed by atoms with E-state index in [9.17, 15) is 13.7 Å². The number of methoxy groups -OCH3 is 1. The maximum Gasteiger partial charge on any atom is 0.246 e. The molecule has 28 heavy (non-hydrogen) atoms. The molecule has 1 aromatic carbocycles. The highest BCUT2D eigenvalue weighted by molar-refractivity contribution is 7.89. The lowest BCUT2D eigenvalue weighted by molar-refractivity contribution is 0.400. The average Bonchev–Trinajstić information content (AvgIpc) is 3.07. The number of oxazole rings is 1. The summed E-state index contributed by atoms with van der Waals surface area (Å²) in [5, 5.41) is 12.4. The largest absolute Gasteiger partial charge is 0.495 e. The second-order valence-electron chi connectivity index (χ2n) is 6.55. The molecule has 1 aromatic heterocycles. The van der Waals surface area contributed by atoms with E-state index in [1.807, 2.05) is 20.2 Å². The number of benzene rings is 1. The molecule has 152 valence electrons. The fraction of sp³-hybridized carbons (Fsp3) is 0.444. The summed E-state index contributed by atoms with van der Waals surface area (Å²) in [6, 6.07) is 6.59. The van der Waals surface area contributed by atoms with E-state index >= 15 is 0 Å². The molecule has 1 N–H and O–H groups in total. The number of nitrogens with one attached hydrogen (secondary N) is 1. The Hall–Kier alpha value is -2.61. The molecule has 9 nitrogen and oxygen atoms in total. The minimum absolute atomic E-state index is 0.00491. The van der Waals surface area contributed by atoms with Crippen molar-refractivity contribution in [1.82, 2.24) is 14.2 Å². The highest BCUT2D eigenvalue weighted by Gasteiger charge is 2.24. The molecule has 0 saturated heterocycles. The van der Waals surface area contributed by atoms with Crippen LogP contribution in [0, 0.1) is 11.3 Å². The standard InChI is InChI=1S/C18H25N5O4S/c1-22(2)10-6-9-20-18-14(12-19)21-17(27-18)13-7-8-15(26-5)16(11-13)28(24,25)23(3)4/h7-8,11,20H,6,9-10H2,1-5H3. The van der Waals surface area contributed by atoms with Gasteiger partial charge < -0.3 is 19.4 Å². The average molecular weight is 407 g/mol. The number of hydrogen-bond donors (Lipinski definition) is 1. The van der Waals surface area contributed by atoms with Gasteiger partial charge in [0, 0.05) is 26.2 Å². The third-order valence-corrected chi connectivity index (χ3v) is 5.81. The van der Waals surface area contributed by atoms with Crippen LogP contribution in [0.25, 0.3) is 11.5 Å². The Labute approximate surface area is 165 Å². The second-order valence-corrected chi connectivity index (χ2v) is 8.67. The number of rotatable bonds is 9. The Balaban J connectivity index is 2.37. The summed E-state index contributed by atoms with van der Waals surface area (Å²) < 4.78 is 37.1. The molecular weight excluding hydrogens is 382 g/mol. The fourth-order valence-electron chi connectivity index (χ4n) is 2.44. The minimum Gasteiger partial charge on any atom is -0.495 e. The van der Waals surface area contributed by atoms with E-state index in [-0.39, 0.29) is 28.1 Å². The molecule has 10 heteroatoms. The topological polar surface area (TPSA) is 112 Å². The molecule has 0 bridgehead atoms. The number of aromatic nitrogens is 1. The summed E-state index contributed by atoms with van der Waals surface area (Å²) >= 11 is 0. The van der Waals surface area contributed by atoms with Crippen molar-refractivity contribution in [3.05, 3.63) is 23.9 Å². The zero-order chi connectivity index (χ0) is 20.9. The maximum atomic E-state index is 12.6. The van der Waals surface area contributed by atoms with Gasteiger partial charge in [-0.05, 0) is 45.3 Å². The molecule has 0 aliphatic heterocycles. The van der Waals surface area contributed by atoms with Gasteiger partial charge in [0.25, 0.3) is 0 Å². The third kappa shape index (κ3) is 4.81. The monoisotopic (exact) mass is 407 g/mol. The van der Waals surface area contributed by atoms with E-state index in [2.05, 4.69) is 15.2 Å². The molecule has 1 heterocycles. The van der Waals surface area contributed by atoms with E-state index < -0.39 is 10.0 Å². The van der Waals surface area contributed by atoms with Gasteiger partial charge >= 0.3 is 0 Å². The molecule has 0 unspecified atom stereocenters. The van der Waals surface area contributed by atoms with Crippen molar-refractivity contribution in [2.24, 2.45) is 0 Å². The van der Waals surface area contributed by atoms with Crippen LogP contribution in [0.5, 0.6) is 5.75 Å². The zero-order valence-corrected chi connectivity index (χ0v) is 17.5. The van der Waals surface area contributed by atoms with Gasteiger partial charge in [-0.3, -0.25) is 0 Å². The van der Waals surface area contributed by atoms with Gasteiger partial charge in [0.2, 0.25) is 27.5 Å². The van der Waals surface area contributed by atoms with Gasteiger partial charge in [-0.15, -0.1) is 0 Å². The number of sulfonamides is 1. The zero-order valence-electron chi connectivity index (χ0n) is 16.7. The number of nitrogens with zero attached hydrogens (tertiary/aromatic N) is 4. The molecule has 0 aliphatic carbocycles. The lowest BCUT2D eigenvalue weighted by atomic mass is 10.2. The number of hydrogen-bond acceptors (Lipinski definition) is 8. The molecule has 0 aliphatic rings. The maximum absolute atomic E-state index is 12.6. The van der Waals surface area contributed by atoms with Crippen molar-refractivity contribution in [2.45, 2.75) is 11.3 Å². The first kappa shape index (κ1) is 21.7. The molecule has 0 amide bonds. The highest BCUT2D eigenvalue weighted by Crippen LogP contribution is 2.32. The molecule has 2 rings (SSSR count). The van der Waals surface area contributed by atoms with Crippen LogP contribution in [0.3, 0.4) is 0 Å². The second kappa shape index (κ2) is 9.05. The van der Waals surface area contributed by atoms with Crippen molar-refractivity contribution in [1.29, 1.82) is 5.26 Å². The van der Waals surface area contributed by atoms with Gasteiger partial charge in [0.1, 0.15) is 16.7 Å². The summed E-state index contributed by atoms with van der Waals surface area (Å²) in [6.07, 6.45) is 0.863. The van der Waals surface area contributed by atoms with E-state index in [1.165, 1.54) is 33.3 Å². The molecule has 0 spiro atoms. The lowest BCUT2D eigenvalue weighted by Gasteiger charge is -2.15. The summed E-state index contributed by atoms with van der Waals surface area (Å²) in [6.45, 7) is 1.50. The van der Waals surface area contributed by atoms with Crippen LogP contribution in [-0.2, 0) is 10.0 Å². The molecular formula is C18H25N5O4S. The summed E-state index contributed by atoms with van der Waals surface area (Å²) in [5.41, 5.74) is 0.548. The van der Waals surface area contributed by atoms with E-state index in [0.29, 0.717) is 12.1 Å². The van der Waals surface area contributed by atoms with Crippen LogP contribution < -0.4 is 10.1 Å². The van der Waals surface area contributed by atoms with Crippen molar-refractivity contribution in [3.63, 3.8) is 0 Å². The molecule has 0 atom stereocenters. The van der Waals surface area contributed by atoms with Gasteiger partial charge in [0.15, 0.2) is 0 Å². The Morgan fingerprint density at radius 1 is 1.29 bits per heavy atom. The normalized spacial score (nSPS) is 11.6. The number of ether oxygens (including phenoxy) is 1. The first-order valence-electron chi connectivity index (χ1n) is 8.61. The quantitative estimate of drug-likeness (QED) is 0.627. The Morgan fingerprint density at radius 2 is 2.00 bits per heavy atom. The first-order chi connectivity index (χ1) is 13.2. The lowest BCUT2D eigenvalue weighted by Crippen LogP contribution is -2.22. The van der Waals surface area contributed by atoms with E-state index in [4.69, 9.17) is 9.15 Å². The molecule has 0 radical (unpaired) electrons. The van der Waals surface area contributed by atoms with Gasteiger partial charge in [0.05, 0.1) is 7.11 Å². The highest BCUT2D eigenvalue weighted by atomic mass is 32.2. The van der Waals surface area contributed by atoms with Gasteiger partial charge in [-0.25, -0.2) is 12.7 Å². The SMILES string of the molecule is COc1ccc(-c2nc(C#N)c(NCCCN(C)C)o2)cc1S(=O)(=O)N(C)C. The summed E-state index contributed by atoms with van der Waals surface area (Å²) in [4.78, 5) is 6.24. The van der Waals surface area contributed by atoms with Crippen LogP contribution in [0.4, 0.5) is 5.88 Å². The predicted octanol–water partition coefficient (Wildman–Crippen LogP) is 1.84. The van der Waals surface area contributed by atoms with Crippen molar-refractivity contribution in [3.8, 4) is 23.3 Å². The van der Waals surface area contributed by atoms with E-state index in [1.54, 1.807) is 6.07 Å². The van der Waals surface area contributed by atoms with Crippen molar-refractivity contribution < 1.29 is 17.6 Å². The first-order valence-corrected chi connectivity index (χ1v) is 10.0. The predicted molar refractivity (Wildman–Crippen MR) is 106 cm³/mol. The van der Waals surface area contributed by atoms with Crippen LogP contribution in [0.2, 0.25) is 0 Å². The van der Waals surface area contributed by atoms with Crippen molar-refractivity contribution in [2.75, 3.05) is 53.7 Å². The smallest absolute Gasteiger partial charge is 0.246 e. The molecule has 2 aromatic rings. The van der Waals surface area contributed by atoms with Crippen molar-refractivity contribution >= 4 is 15.9 Å². The minimum atomic E-state index is -3.73. The van der Waals surface area contributed by atoms with Crippen LogP contribution in [-0.4, -0.2) is 71.0 Å². The van der Waals surface area contributed by atoms with Gasteiger partial charge in [-0.1, -0.05) is 0 Å². The number of nitriles is 1. The fourth-order valence-corrected chi connectivity index (χ4v) is 3.52. The number of anilines is 1. The molecule has 0 saturated carbocycles. The Bertz CT molecular complexity index is 961. The van der Waals surface area contributed by atoms with Crippen LogP contribution >= 0.6 is 0 Å². The Kier molecular flexibility index (Phi) is 7.01. The Morgan fingerprint density at radius 3 is 2.57 bits per heavy atom. The van der Waals surface area contributed by atoms with E-state index in [0.717, 1.165) is 17.3 Å². The van der Waals surface area contributed by atoms with Gasteiger partial charge in [-0.2, -0.15) is 10.2 Å². The summed E-state index contributed by atoms with van der Waals surface area (Å²) in [7, 11) is 4.52. The van der Waals surface area contributed by atoms with Crippen LogP contribution in [0.1, 0.15) is 12.1 Å². The third-order valence-electron chi connectivity index (χ3n) is 3.97.